The minimum atomic E-state index is 0. The molecule has 0 saturated carbocycles. The first-order chi connectivity index (χ1) is 9.69. The fourth-order valence-corrected chi connectivity index (χ4v) is 4.28. The summed E-state index contributed by atoms with van der Waals surface area (Å²) in [4.78, 5) is 5.31. The molecule has 0 unspecified atom stereocenters. The highest BCUT2D eigenvalue weighted by atomic mass is 127. The van der Waals surface area contributed by atoms with E-state index in [2.05, 4.69) is 68.9 Å². The van der Waals surface area contributed by atoms with Gasteiger partial charge in [0.15, 0.2) is 0 Å². The van der Waals surface area contributed by atoms with Gasteiger partial charge < -0.3 is 4.84 Å². The molecule has 0 aromatic heterocycles. The molecule has 0 amide bonds. The summed E-state index contributed by atoms with van der Waals surface area (Å²) < 4.78 is 2.55. The highest BCUT2D eigenvalue weighted by molar-refractivity contribution is 14.1. The summed E-state index contributed by atoms with van der Waals surface area (Å²) in [5, 5.41) is 4.67. The molecule has 2 aromatic rings. The van der Waals surface area contributed by atoms with Crippen LogP contribution in [0.15, 0.2) is 34.8 Å². The Balaban J connectivity index is 0.00000161. The number of benzene rings is 2. The lowest BCUT2D eigenvalue weighted by Gasteiger charge is -2.30. The Morgan fingerprint density at radius 3 is 2.57 bits per heavy atom. The van der Waals surface area contributed by atoms with Gasteiger partial charge in [-0.05, 0) is 85.7 Å². The Hall–Kier alpha value is 0.120. The number of hydrogen-bond donors (Lipinski definition) is 0. The van der Waals surface area contributed by atoms with Crippen LogP contribution in [-0.2, 0) is 4.84 Å². The molecule has 3 rings (SSSR count). The van der Waals surface area contributed by atoms with Crippen molar-refractivity contribution in [2.24, 2.45) is 0 Å². The van der Waals surface area contributed by atoms with Crippen molar-refractivity contribution in [3.05, 3.63) is 43.9 Å². The maximum absolute atomic E-state index is 5.31. The van der Waals surface area contributed by atoms with Crippen LogP contribution in [0.3, 0.4) is 0 Å². The average Bonchev–Trinajstić information content (AvgIpc) is 2.48. The number of piperidine rings is 1. The fraction of sp³-hybridized carbons (Fsp3) is 0.375. The van der Waals surface area contributed by atoms with Crippen molar-refractivity contribution in [3.63, 3.8) is 0 Å². The van der Waals surface area contributed by atoms with Gasteiger partial charge in [-0.1, -0.05) is 18.2 Å². The second-order valence-electron chi connectivity index (χ2n) is 5.22. The quantitative estimate of drug-likeness (QED) is 0.534. The molecule has 1 aliphatic rings. The maximum Gasteiger partial charge on any atom is 0.0575 e. The molecule has 5 heteroatoms. The number of fused-ring (bicyclic) bond motifs is 1. The largest absolute Gasteiger partial charge is 0.302 e. The van der Waals surface area contributed by atoms with Gasteiger partial charge in [-0.2, -0.15) is 5.06 Å². The number of rotatable bonds is 2. The normalized spacial score (nSPS) is 16.9. The standard InChI is InChI=1S/C16H17BrINO.ClH/c1-20-19-8-6-11(7-9-19)14-4-2-12-10-13(18)3-5-15(12)16(14)17;/h2-5,10-11H,6-9H2,1H3;1H. The summed E-state index contributed by atoms with van der Waals surface area (Å²) in [6.07, 6.45) is 2.31. The van der Waals surface area contributed by atoms with E-state index in [1.54, 1.807) is 7.11 Å². The number of nitrogens with zero attached hydrogens (tertiary/aromatic N) is 1. The van der Waals surface area contributed by atoms with Crippen LogP contribution in [0.1, 0.15) is 24.3 Å². The van der Waals surface area contributed by atoms with E-state index in [1.165, 1.54) is 24.4 Å². The van der Waals surface area contributed by atoms with Gasteiger partial charge in [0.05, 0.1) is 7.11 Å². The van der Waals surface area contributed by atoms with Crippen LogP contribution in [0.5, 0.6) is 0 Å². The lowest BCUT2D eigenvalue weighted by molar-refractivity contribution is -0.143. The second kappa shape index (κ2) is 7.59. The zero-order chi connectivity index (χ0) is 14.1. The van der Waals surface area contributed by atoms with Crippen molar-refractivity contribution >= 4 is 61.7 Å². The molecule has 1 saturated heterocycles. The van der Waals surface area contributed by atoms with Crippen molar-refractivity contribution in [2.45, 2.75) is 18.8 Å². The molecule has 0 radical (unpaired) electrons. The van der Waals surface area contributed by atoms with Crippen molar-refractivity contribution in [1.29, 1.82) is 0 Å². The van der Waals surface area contributed by atoms with Gasteiger partial charge in [-0.25, -0.2) is 0 Å². The van der Waals surface area contributed by atoms with Gasteiger partial charge >= 0.3 is 0 Å². The molecule has 1 aliphatic heterocycles. The fourth-order valence-electron chi connectivity index (χ4n) is 2.94. The third-order valence-electron chi connectivity index (χ3n) is 4.10. The van der Waals surface area contributed by atoms with Crippen LogP contribution in [0.2, 0.25) is 0 Å². The Bertz CT molecular complexity index is 629. The molecule has 21 heavy (non-hydrogen) atoms. The van der Waals surface area contributed by atoms with Gasteiger partial charge in [-0.3, -0.25) is 0 Å². The molecule has 2 aromatic carbocycles. The molecule has 0 bridgehead atoms. The van der Waals surface area contributed by atoms with Crippen LogP contribution in [0.4, 0.5) is 0 Å². The second-order valence-corrected chi connectivity index (χ2v) is 7.26. The smallest absolute Gasteiger partial charge is 0.0575 e. The number of hydroxylamine groups is 2. The average molecular weight is 483 g/mol. The molecular weight excluding hydrogens is 464 g/mol. The van der Waals surface area contributed by atoms with Crippen LogP contribution in [0.25, 0.3) is 10.8 Å². The summed E-state index contributed by atoms with van der Waals surface area (Å²) in [7, 11) is 1.76. The summed E-state index contributed by atoms with van der Waals surface area (Å²) >= 11 is 6.19. The van der Waals surface area contributed by atoms with Crippen LogP contribution < -0.4 is 0 Å². The highest BCUT2D eigenvalue weighted by Crippen LogP contribution is 2.37. The number of halogens is 3. The first kappa shape index (κ1) is 17.5. The third kappa shape index (κ3) is 3.72. The summed E-state index contributed by atoms with van der Waals surface area (Å²) in [5.41, 5.74) is 1.44. The van der Waals surface area contributed by atoms with Crippen molar-refractivity contribution in [2.75, 3.05) is 20.2 Å². The molecule has 2 nitrogen and oxygen atoms in total. The first-order valence-corrected chi connectivity index (χ1v) is 8.73. The molecule has 0 atom stereocenters. The summed E-state index contributed by atoms with van der Waals surface area (Å²) in [6.45, 7) is 2.02. The van der Waals surface area contributed by atoms with E-state index in [0.717, 1.165) is 25.9 Å². The molecule has 1 heterocycles. The Kier molecular flexibility index (Phi) is 6.32. The molecule has 0 spiro atoms. The van der Waals surface area contributed by atoms with Gasteiger partial charge in [0, 0.05) is 21.1 Å². The minimum absolute atomic E-state index is 0. The van der Waals surface area contributed by atoms with Gasteiger partial charge in [0.2, 0.25) is 0 Å². The lowest BCUT2D eigenvalue weighted by atomic mass is 9.89. The zero-order valence-corrected chi connectivity index (χ0v) is 16.4. The molecule has 1 fully saturated rings. The predicted octanol–water partition coefficient (Wildman–Crippen LogP) is 5.37. The Morgan fingerprint density at radius 1 is 1.19 bits per heavy atom. The van der Waals surface area contributed by atoms with E-state index in [4.69, 9.17) is 4.84 Å². The Labute approximate surface area is 153 Å². The first-order valence-electron chi connectivity index (χ1n) is 6.86. The predicted molar refractivity (Wildman–Crippen MR) is 102 cm³/mol. The molecule has 0 N–H and O–H groups in total. The van der Waals surface area contributed by atoms with Crippen molar-refractivity contribution < 1.29 is 4.84 Å². The lowest BCUT2D eigenvalue weighted by Crippen LogP contribution is -2.32. The summed E-state index contributed by atoms with van der Waals surface area (Å²) in [6, 6.07) is 11.2. The van der Waals surface area contributed by atoms with E-state index in [-0.39, 0.29) is 12.4 Å². The van der Waals surface area contributed by atoms with E-state index >= 15 is 0 Å². The van der Waals surface area contributed by atoms with Gasteiger partial charge in [-0.15, -0.1) is 12.4 Å². The topological polar surface area (TPSA) is 12.5 Å². The summed E-state index contributed by atoms with van der Waals surface area (Å²) in [5.74, 6) is 0.624. The Morgan fingerprint density at radius 2 is 1.90 bits per heavy atom. The van der Waals surface area contributed by atoms with Gasteiger partial charge in [0.25, 0.3) is 0 Å². The molecule has 0 aliphatic carbocycles. The van der Waals surface area contributed by atoms with E-state index in [0.29, 0.717) is 5.92 Å². The highest BCUT2D eigenvalue weighted by Gasteiger charge is 2.22. The number of hydrogen-bond acceptors (Lipinski definition) is 2. The van der Waals surface area contributed by atoms with E-state index in [1.807, 2.05) is 5.06 Å². The SMILES string of the molecule is CON1CCC(c2ccc3cc(I)ccc3c2Br)CC1.Cl. The van der Waals surface area contributed by atoms with Crippen LogP contribution >= 0.6 is 50.9 Å². The van der Waals surface area contributed by atoms with Crippen LogP contribution in [-0.4, -0.2) is 25.3 Å². The van der Waals surface area contributed by atoms with Gasteiger partial charge in [0.1, 0.15) is 0 Å². The van der Waals surface area contributed by atoms with E-state index < -0.39 is 0 Å². The monoisotopic (exact) mass is 481 g/mol. The molecular formula is C16H18BrClINO. The maximum atomic E-state index is 5.31. The third-order valence-corrected chi connectivity index (χ3v) is 5.65. The van der Waals surface area contributed by atoms with Crippen molar-refractivity contribution in [1.82, 2.24) is 5.06 Å². The van der Waals surface area contributed by atoms with Crippen molar-refractivity contribution in [3.8, 4) is 0 Å². The van der Waals surface area contributed by atoms with Crippen LogP contribution in [0, 0.1) is 3.57 Å². The molecule has 114 valence electrons. The minimum Gasteiger partial charge on any atom is -0.302 e. The zero-order valence-electron chi connectivity index (χ0n) is 11.8. The van der Waals surface area contributed by atoms with E-state index in [9.17, 15) is 0 Å².